The lowest BCUT2D eigenvalue weighted by Gasteiger charge is -2.45. The van der Waals surface area contributed by atoms with Gasteiger partial charge in [-0.2, -0.15) is 0 Å². The summed E-state index contributed by atoms with van der Waals surface area (Å²) in [6.07, 6.45) is 0. The second kappa shape index (κ2) is 13.4. The average Bonchev–Trinajstić information content (AvgIpc) is 3.52. The maximum atomic E-state index is 2.61. The first-order valence-electron chi connectivity index (χ1n) is 22.0. The minimum atomic E-state index is -0.0820. The summed E-state index contributed by atoms with van der Waals surface area (Å²) in [6, 6.07) is 43.5. The second-order valence-electron chi connectivity index (χ2n) is 22.9. The second-order valence-corrected chi connectivity index (χ2v) is 24.0. The van der Waals surface area contributed by atoms with E-state index in [1.165, 1.54) is 98.5 Å². The summed E-state index contributed by atoms with van der Waals surface area (Å²) in [4.78, 5) is 5.19. The lowest BCUT2D eigenvalue weighted by atomic mass is 9.33. The van der Waals surface area contributed by atoms with Gasteiger partial charge in [0.05, 0.1) is 0 Å². The highest BCUT2D eigenvalue weighted by Crippen LogP contribution is 2.49. The first kappa shape index (κ1) is 40.6. The van der Waals surface area contributed by atoms with Gasteiger partial charge in [-0.1, -0.05) is 152 Å². The Balaban J connectivity index is 1.42. The maximum Gasteiger partial charge on any atom is 0.252 e. The van der Waals surface area contributed by atoms with E-state index >= 15 is 0 Å². The van der Waals surface area contributed by atoms with Crippen LogP contribution in [-0.4, -0.2) is 6.71 Å². The normalized spacial score (nSPS) is 14.5. The van der Waals surface area contributed by atoms with Crippen LogP contribution >= 0.6 is 11.3 Å². The topological polar surface area (TPSA) is 6.48 Å². The molecule has 0 N–H and O–H groups in total. The average molecular weight is 807 g/mol. The third-order valence-electron chi connectivity index (χ3n) is 13.2. The van der Waals surface area contributed by atoms with Crippen LogP contribution in [-0.2, 0) is 27.1 Å². The van der Waals surface area contributed by atoms with Crippen LogP contribution in [0.4, 0.5) is 34.1 Å². The van der Waals surface area contributed by atoms with Crippen LogP contribution in [0.25, 0.3) is 20.2 Å². The third-order valence-corrected chi connectivity index (χ3v) is 14.4. The summed E-state index contributed by atoms with van der Waals surface area (Å²) >= 11 is 1.93. The third kappa shape index (κ3) is 6.69. The maximum absolute atomic E-state index is 2.61. The highest BCUT2D eigenvalue weighted by molar-refractivity contribution is 7.26. The Morgan fingerprint density at radius 1 is 0.350 bits per heavy atom. The fourth-order valence-electron chi connectivity index (χ4n) is 9.41. The Bertz CT molecular complexity index is 2820. The van der Waals surface area contributed by atoms with E-state index in [9.17, 15) is 0 Å². The van der Waals surface area contributed by atoms with Crippen molar-refractivity contribution >= 4 is 88.7 Å². The molecule has 2 aliphatic heterocycles. The van der Waals surface area contributed by atoms with Gasteiger partial charge in [-0.15, -0.1) is 11.3 Å². The molecule has 0 spiro atoms. The van der Waals surface area contributed by atoms with Gasteiger partial charge < -0.3 is 9.80 Å². The van der Waals surface area contributed by atoms with Gasteiger partial charge >= 0.3 is 0 Å². The Morgan fingerprint density at radius 3 is 1.27 bits per heavy atom. The molecule has 0 saturated heterocycles. The zero-order chi connectivity index (χ0) is 43.1. The number of hydrogen-bond donors (Lipinski definition) is 0. The van der Waals surface area contributed by atoms with Crippen LogP contribution in [0.3, 0.4) is 0 Å². The molecule has 2 nitrogen and oxygen atoms in total. The molecule has 0 fully saturated rings. The molecule has 306 valence electrons. The van der Waals surface area contributed by atoms with Gasteiger partial charge in [0.2, 0.25) is 0 Å². The molecule has 7 aromatic rings. The summed E-state index contributed by atoms with van der Waals surface area (Å²) < 4.78 is 2.68. The predicted octanol–water partition coefficient (Wildman–Crippen LogP) is 14.6. The van der Waals surface area contributed by atoms with E-state index in [-0.39, 0.29) is 33.8 Å². The summed E-state index contributed by atoms with van der Waals surface area (Å²) in [6.45, 7) is 35.0. The van der Waals surface area contributed by atoms with Gasteiger partial charge in [0, 0.05) is 48.9 Å². The van der Waals surface area contributed by atoms with Crippen molar-refractivity contribution in [3.05, 3.63) is 137 Å². The molecular weight excluding hydrogens is 744 g/mol. The molecule has 0 amide bonds. The van der Waals surface area contributed by atoms with Gasteiger partial charge in [0.15, 0.2) is 0 Å². The van der Waals surface area contributed by atoms with E-state index in [4.69, 9.17) is 0 Å². The zero-order valence-electron chi connectivity index (χ0n) is 38.8. The van der Waals surface area contributed by atoms with Crippen molar-refractivity contribution in [1.82, 2.24) is 0 Å². The number of nitrogens with zero attached hydrogens (tertiary/aromatic N) is 2. The van der Waals surface area contributed by atoms with Crippen molar-refractivity contribution in [2.24, 2.45) is 0 Å². The molecule has 0 unspecified atom stereocenters. The molecule has 4 heteroatoms. The molecule has 3 heterocycles. The molecule has 0 radical (unpaired) electrons. The van der Waals surface area contributed by atoms with Gasteiger partial charge in [-0.05, 0) is 137 Å². The fraction of sp³-hybridized carbons (Fsp3) is 0.357. The Kier molecular flexibility index (Phi) is 9.03. The number of thiophene rings is 1. The molecule has 9 rings (SSSR count). The van der Waals surface area contributed by atoms with Crippen molar-refractivity contribution in [1.29, 1.82) is 0 Å². The minimum Gasteiger partial charge on any atom is -0.311 e. The molecule has 60 heavy (non-hydrogen) atoms. The summed E-state index contributed by atoms with van der Waals surface area (Å²) in [7, 11) is 0. The van der Waals surface area contributed by atoms with Crippen molar-refractivity contribution in [2.75, 3.05) is 9.80 Å². The summed E-state index contributed by atoms with van der Waals surface area (Å²) in [5.41, 5.74) is 18.4. The highest BCUT2D eigenvalue weighted by atomic mass is 32.1. The molecular formula is C56H63BN2S. The summed E-state index contributed by atoms with van der Waals surface area (Å²) in [5.74, 6) is 0. The van der Waals surface area contributed by atoms with Crippen LogP contribution in [0.2, 0.25) is 0 Å². The quantitative estimate of drug-likeness (QED) is 0.161. The van der Waals surface area contributed by atoms with Crippen LogP contribution in [0.5, 0.6) is 0 Å². The number of rotatable bonds is 2. The minimum absolute atomic E-state index is 0.0113. The van der Waals surface area contributed by atoms with E-state index in [2.05, 4.69) is 223 Å². The molecule has 0 aliphatic carbocycles. The smallest absolute Gasteiger partial charge is 0.252 e. The van der Waals surface area contributed by atoms with E-state index in [1.807, 2.05) is 11.3 Å². The van der Waals surface area contributed by atoms with Crippen molar-refractivity contribution in [2.45, 2.75) is 131 Å². The number of fused-ring (bicyclic) bond motifs is 7. The van der Waals surface area contributed by atoms with E-state index in [1.54, 1.807) is 0 Å². The largest absolute Gasteiger partial charge is 0.311 e. The number of hydrogen-bond acceptors (Lipinski definition) is 3. The van der Waals surface area contributed by atoms with Crippen molar-refractivity contribution < 1.29 is 0 Å². The SMILES string of the molecule is CC(C)(C)c1ccc(N2c3ccc(C(C)(C)C)cc3B3c4cc5c(cc4N(c4ccc(C(C)(C)C)cc4)c4cc(C(C)(C)C)cc2c43)sc2ccc(C(C)(C)C)cc25)cc1. The van der Waals surface area contributed by atoms with Crippen molar-refractivity contribution in [3.8, 4) is 0 Å². The van der Waals surface area contributed by atoms with E-state index in [0.717, 1.165) is 0 Å². The molecule has 0 atom stereocenters. The molecule has 2 aliphatic rings. The first-order chi connectivity index (χ1) is 27.9. The van der Waals surface area contributed by atoms with Crippen LogP contribution in [0, 0.1) is 0 Å². The lowest BCUT2D eigenvalue weighted by molar-refractivity contribution is 0.589. The Hall–Kier alpha value is -4.80. The van der Waals surface area contributed by atoms with Gasteiger partial charge in [-0.3, -0.25) is 0 Å². The monoisotopic (exact) mass is 806 g/mol. The zero-order valence-corrected chi connectivity index (χ0v) is 39.6. The number of anilines is 6. The van der Waals surface area contributed by atoms with E-state index in [0.29, 0.717) is 0 Å². The van der Waals surface area contributed by atoms with Gasteiger partial charge in [0.1, 0.15) is 0 Å². The van der Waals surface area contributed by atoms with Gasteiger partial charge in [0.25, 0.3) is 6.71 Å². The highest BCUT2D eigenvalue weighted by Gasteiger charge is 2.45. The molecule has 0 saturated carbocycles. The van der Waals surface area contributed by atoms with Crippen LogP contribution in [0.1, 0.15) is 132 Å². The molecule has 0 bridgehead atoms. The predicted molar refractivity (Wildman–Crippen MR) is 267 cm³/mol. The fourth-order valence-corrected chi connectivity index (χ4v) is 10.5. The molecule has 6 aromatic carbocycles. The van der Waals surface area contributed by atoms with Crippen molar-refractivity contribution in [3.63, 3.8) is 0 Å². The lowest BCUT2D eigenvalue weighted by Crippen LogP contribution is -2.61. The van der Waals surface area contributed by atoms with Gasteiger partial charge in [-0.25, -0.2) is 0 Å². The molecule has 1 aromatic heterocycles. The standard InChI is InChI=1S/C56H63BN2S/c1-52(2,3)34-16-22-39(23-17-34)58-45-26-20-37(55(10,11)12)29-43(45)57-44-32-42-41-28-36(54(7,8)9)21-27-49(41)60-50(42)33-46(44)59(40-24-18-35(19-25-40)53(4,5)6)48-31-38(56(13,14)15)30-47(58)51(48)57/h16-33H,1-15H3. The first-order valence-corrected chi connectivity index (χ1v) is 22.9. The Morgan fingerprint density at radius 2 is 0.767 bits per heavy atom. The van der Waals surface area contributed by atoms with Crippen LogP contribution in [0.15, 0.2) is 109 Å². The van der Waals surface area contributed by atoms with Crippen LogP contribution < -0.4 is 26.2 Å². The Labute approximate surface area is 364 Å². The summed E-state index contributed by atoms with van der Waals surface area (Å²) in [5, 5.41) is 2.72. The van der Waals surface area contributed by atoms with E-state index < -0.39 is 0 Å². The number of benzene rings is 6.